The molecule has 2 bridgehead atoms. The van der Waals surface area contributed by atoms with Crippen molar-refractivity contribution in [3.05, 3.63) is 51.6 Å². The minimum absolute atomic E-state index is 0.0553. The van der Waals surface area contributed by atoms with Crippen LogP contribution in [0.15, 0.2) is 34.9 Å². The number of ketones is 1. The summed E-state index contributed by atoms with van der Waals surface area (Å²) < 4.78 is 26.6. The van der Waals surface area contributed by atoms with Gasteiger partial charge in [0, 0.05) is 29.6 Å². The molecule has 0 aromatic heterocycles. The molecule has 13 nitrogen and oxygen atoms in total. The van der Waals surface area contributed by atoms with Crippen molar-refractivity contribution in [2.24, 2.45) is 34.5 Å². The number of aromatic hydroxyl groups is 2. The molecule has 2 aromatic rings. The lowest BCUT2D eigenvalue weighted by atomic mass is 9.42. The van der Waals surface area contributed by atoms with Crippen LogP contribution in [0.2, 0.25) is 0 Å². The Bertz CT molecular complexity index is 2170. The second kappa shape index (κ2) is 14.0. The van der Waals surface area contributed by atoms with Crippen molar-refractivity contribution in [1.29, 1.82) is 0 Å². The predicted octanol–water partition coefficient (Wildman–Crippen LogP) is 5.22. The fraction of sp³-hybridized carbons (Fsp3) is 0.652. The van der Waals surface area contributed by atoms with Gasteiger partial charge in [-0.15, -0.1) is 0 Å². The third-order valence-electron chi connectivity index (χ3n) is 16.3. The van der Waals surface area contributed by atoms with E-state index in [-0.39, 0.29) is 68.9 Å². The van der Waals surface area contributed by atoms with Crippen LogP contribution in [0.3, 0.4) is 0 Å². The van der Waals surface area contributed by atoms with Crippen LogP contribution < -0.4 is 4.74 Å². The van der Waals surface area contributed by atoms with E-state index in [1.54, 1.807) is 0 Å². The van der Waals surface area contributed by atoms with E-state index < -0.39 is 65.7 Å². The number of aliphatic hydroxyl groups excluding tert-OH is 4. The first-order valence-corrected chi connectivity index (χ1v) is 21.7. The number of carbonyl (C=O) groups excluding carboxylic acids is 1. The van der Waals surface area contributed by atoms with E-state index in [2.05, 4.69) is 6.08 Å². The van der Waals surface area contributed by atoms with Crippen LogP contribution in [0, 0.1) is 41.4 Å². The number of hydrogen-bond donors (Lipinski definition) is 7. The zero-order chi connectivity index (χ0) is 41.3. The van der Waals surface area contributed by atoms with Gasteiger partial charge in [-0.2, -0.15) is 0 Å². The van der Waals surface area contributed by atoms with Gasteiger partial charge in [-0.25, -0.2) is 4.79 Å². The van der Waals surface area contributed by atoms with Gasteiger partial charge < -0.3 is 54.7 Å². The van der Waals surface area contributed by atoms with Crippen LogP contribution in [0.1, 0.15) is 110 Å². The van der Waals surface area contributed by atoms with Crippen LogP contribution in [0.5, 0.6) is 17.2 Å². The summed E-state index contributed by atoms with van der Waals surface area (Å²) in [5.41, 5.74) is 1.69. The number of benzene rings is 2. The number of phenolic OH excluding ortho intramolecular Hbond substituents is 2. The quantitative estimate of drug-likeness (QED) is 0.141. The molecule has 2 spiro atoms. The number of aliphatic hydroxyl groups is 4. The number of carboxylic acid groups (broad SMARTS) is 1. The molecule has 2 aromatic carbocycles. The summed E-state index contributed by atoms with van der Waals surface area (Å²) in [5.74, 6) is -2.40. The van der Waals surface area contributed by atoms with Gasteiger partial charge in [0.05, 0.1) is 35.3 Å². The minimum atomic E-state index is -1.77. The Hall–Kier alpha value is -3.56. The smallest absolute Gasteiger partial charge is 0.335 e. The van der Waals surface area contributed by atoms with E-state index in [9.17, 15) is 45.3 Å². The predicted molar refractivity (Wildman–Crippen MR) is 211 cm³/mol. The largest absolute Gasteiger partial charge is 0.507 e. The average molecular weight is 817 g/mol. The van der Waals surface area contributed by atoms with Crippen LogP contribution in [0.25, 0.3) is 10.8 Å². The molecule has 3 saturated heterocycles. The van der Waals surface area contributed by atoms with Gasteiger partial charge in [-0.05, 0) is 136 Å². The van der Waals surface area contributed by atoms with Gasteiger partial charge in [0.1, 0.15) is 41.2 Å². The summed E-state index contributed by atoms with van der Waals surface area (Å²) in [5, 5.41) is 79.4. The number of Topliss-reactive ketones (excluding diaryl/α,β-unsaturated/α-hetero) is 1. The normalized spacial score (nSPS) is 39.2. The summed E-state index contributed by atoms with van der Waals surface area (Å²) in [6, 6.07) is 2.27. The van der Waals surface area contributed by atoms with Crippen molar-refractivity contribution >= 4 is 22.5 Å². The zero-order valence-electron chi connectivity index (χ0n) is 33.7. The van der Waals surface area contributed by atoms with Gasteiger partial charge >= 0.3 is 5.97 Å². The highest BCUT2D eigenvalue weighted by atomic mass is 16.7. The van der Waals surface area contributed by atoms with E-state index in [1.165, 1.54) is 50.7 Å². The number of allylic oxidation sites excluding steroid dienone is 2. The van der Waals surface area contributed by atoms with Crippen molar-refractivity contribution in [2.45, 2.75) is 133 Å². The fourth-order valence-corrected chi connectivity index (χ4v) is 14.2. The first-order valence-electron chi connectivity index (χ1n) is 21.7. The average Bonchev–Trinajstić information content (AvgIpc) is 3.80. The first-order chi connectivity index (χ1) is 28.2. The summed E-state index contributed by atoms with van der Waals surface area (Å²) >= 11 is 0. The lowest BCUT2D eigenvalue weighted by Gasteiger charge is -2.64. The number of ether oxygens (including phenoxy) is 4. The lowest BCUT2D eigenvalue weighted by Crippen LogP contribution is -2.71. The molecule has 4 heterocycles. The monoisotopic (exact) mass is 816 g/mol. The van der Waals surface area contributed by atoms with Gasteiger partial charge in [0.15, 0.2) is 5.78 Å². The molecule has 10 rings (SSSR count). The Labute approximate surface area is 342 Å². The Morgan fingerprint density at radius 1 is 1.02 bits per heavy atom. The molecule has 4 aliphatic heterocycles. The summed E-state index contributed by atoms with van der Waals surface area (Å²) in [7, 11) is 0. The number of hydrogen-bond acceptors (Lipinski definition) is 12. The summed E-state index contributed by atoms with van der Waals surface area (Å²) in [6.45, 7) is 4.07. The van der Waals surface area contributed by atoms with Crippen molar-refractivity contribution in [2.75, 3.05) is 19.8 Å². The topological polar surface area (TPSA) is 213 Å². The Morgan fingerprint density at radius 2 is 1.80 bits per heavy atom. The molecule has 0 unspecified atom stereocenters. The van der Waals surface area contributed by atoms with Crippen LogP contribution in [-0.4, -0.2) is 110 Å². The molecule has 59 heavy (non-hydrogen) atoms. The van der Waals surface area contributed by atoms with E-state index in [1.807, 2.05) is 0 Å². The van der Waals surface area contributed by atoms with Crippen molar-refractivity contribution in [3.8, 4) is 17.2 Å². The van der Waals surface area contributed by atoms with E-state index >= 15 is 0 Å². The van der Waals surface area contributed by atoms with Crippen molar-refractivity contribution in [3.63, 3.8) is 0 Å². The highest BCUT2D eigenvalue weighted by molar-refractivity contribution is 6.11. The zero-order valence-corrected chi connectivity index (χ0v) is 33.7. The number of phenols is 2. The highest BCUT2D eigenvalue weighted by Gasteiger charge is 2.69. The molecule has 13 heteroatoms. The number of carbonyl (C=O) groups is 2. The Kier molecular flexibility index (Phi) is 9.38. The van der Waals surface area contributed by atoms with Gasteiger partial charge in [-0.1, -0.05) is 18.9 Å². The van der Waals surface area contributed by atoms with E-state index in [0.717, 1.165) is 37.0 Å². The second-order valence-electron chi connectivity index (χ2n) is 19.3. The SMILES string of the molecule is CC(=O)c1c(C)c(O)c2cc(C(=O)O)cc(O[C@@H]3O[C@@H]4[C@@H](O)CC[C@H]5O[C@@]4(C[C@@H]4C6=C5CC=C6[C@]5(CCCO)COC[C@@H]6CC7(CCCC7)C[C@@H]4[C@H]65)[C@H](O)[C@H]3O)c2c1O. The van der Waals surface area contributed by atoms with E-state index in [4.69, 9.17) is 18.9 Å². The highest BCUT2D eigenvalue weighted by Crippen LogP contribution is 2.71. The number of carboxylic acids is 1. The molecule has 8 aliphatic rings. The first kappa shape index (κ1) is 39.6. The number of rotatable bonds is 7. The van der Waals surface area contributed by atoms with Gasteiger partial charge in [0.2, 0.25) is 6.29 Å². The summed E-state index contributed by atoms with van der Waals surface area (Å²) in [4.78, 5) is 25.0. The lowest BCUT2D eigenvalue weighted by molar-refractivity contribution is -0.336. The maximum absolute atomic E-state index is 12.7. The molecular formula is C46H56O13. The molecule has 7 N–H and O–H groups in total. The standard InChI is InChI=1S/C46H56O13/c1-21-33(22(2)48)38(51)35-26(37(21)50)14-23(42(54)55)15-32(35)57-43-39(52)40(53)46-18-27-28-17-44(10-3-4-11-44)16-24-19-56-20-45(36(24)28,12-5-13-47)29-7-6-25(34(27)29)31(59-46)9-8-30(49)41(46)58-43/h7,14-15,24,27-28,30-31,36,39-41,43,47,49-53H,3-6,8-13,16-20H2,1-2H3,(H,54,55)/t24-,27-,28-,30-,31+,36-,39+,40+,41+,43+,45-,46-/m0/s1. The van der Waals surface area contributed by atoms with Gasteiger partial charge in [0.25, 0.3) is 0 Å². The molecule has 4 aliphatic carbocycles. The molecule has 318 valence electrons. The fourth-order valence-electron chi connectivity index (χ4n) is 14.2. The molecule has 0 radical (unpaired) electrons. The van der Waals surface area contributed by atoms with Gasteiger partial charge in [-0.3, -0.25) is 4.79 Å². The number of fused-ring (bicyclic) bond motifs is 5. The molecule has 3 saturated carbocycles. The molecule has 12 atom stereocenters. The number of aromatic carboxylic acids is 1. The third kappa shape index (κ3) is 5.60. The molecular weight excluding hydrogens is 760 g/mol. The second-order valence-corrected chi connectivity index (χ2v) is 19.3. The molecule has 0 amide bonds. The van der Waals surface area contributed by atoms with Crippen molar-refractivity contribution in [1.82, 2.24) is 0 Å². The van der Waals surface area contributed by atoms with Crippen molar-refractivity contribution < 1.29 is 64.3 Å². The third-order valence-corrected chi connectivity index (χ3v) is 16.3. The van der Waals surface area contributed by atoms with Crippen LogP contribution >= 0.6 is 0 Å². The summed E-state index contributed by atoms with van der Waals surface area (Å²) in [6.07, 6.45) is 4.60. The Balaban J connectivity index is 1.07. The van der Waals surface area contributed by atoms with Crippen LogP contribution in [0.4, 0.5) is 0 Å². The Morgan fingerprint density at radius 3 is 2.53 bits per heavy atom. The van der Waals surface area contributed by atoms with E-state index in [0.29, 0.717) is 50.7 Å². The van der Waals surface area contributed by atoms with Crippen LogP contribution in [-0.2, 0) is 14.2 Å². The molecule has 6 fully saturated rings. The minimum Gasteiger partial charge on any atom is -0.507 e. The maximum Gasteiger partial charge on any atom is 0.335 e. The maximum atomic E-state index is 12.7.